The summed E-state index contributed by atoms with van der Waals surface area (Å²) < 4.78 is 0. The molecule has 0 aliphatic heterocycles. The average Bonchev–Trinajstić information content (AvgIpc) is 2.61. The van der Waals surface area contributed by atoms with Crippen LogP contribution in [0.3, 0.4) is 0 Å². The fourth-order valence-electron chi connectivity index (χ4n) is 2.78. The topological polar surface area (TPSA) is 95.5 Å². The Hall–Kier alpha value is -3.15. The monoisotopic (exact) mass is 368 g/mol. The number of amides is 2. The number of rotatable bonds is 7. The number of aliphatic carboxylic acids is 1. The summed E-state index contributed by atoms with van der Waals surface area (Å²) in [5.74, 6) is -1.80. The maximum atomic E-state index is 12.3. The first-order valence-corrected chi connectivity index (χ1v) is 8.70. The highest BCUT2D eigenvalue weighted by molar-refractivity contribution is 5.96. The molecule has 0 saturated carbocycles. The number of carboxylic acid groups (broad SMARTS) is 1. The minimum Gasteiger partial charge on any atom is -0.481 e. The molecule has 0 saturated heterocycles. The number of carbonyl (C=O) groups is 3. The minimum atomic E-state index is -1.01. The van der Waals surface area contributed by atoms with Crippen LogP contribution in [0.1, 0.15) is 45.1 Å². The van der Waals surface area contributed by atoms with Gasteiger partial charge in [0.2, 0.25) is 5.91 Å². The lowest BCUT2D eigenvalue weighted by atomic mass is 9.99. The molecule has 2 aromatic carbocycles. The molecule has 1 atom stereocenters. The van der Waals surface area contributed by atoms with Crippen molar-refractivity contribution in [2.45, 2.75) is 33.2 Å². The first kappa shape index (κ1) is 20.2. The predicted molar refractivity (Wildman–Crippen MR) is 103 cm³/mol. The molecule has 2 aromatic rings. The van der Waals surface area contributed by atoms with E-state index in [9.17, 15) is 14.4 Å². The number of aryl methyl sites for hydroxylation is 3. The van der Waals surface area contributed by atoms with Crippen LogP contribution in [0.15, 0.2) is 42.5 Å². The minimum absolute atomic E-state index is 0.228. The summed E-state index contributed by atoms with van der Waals surface area (Å²) in [5.41, 5.74) is 4.19. The van der Waals surface area contributed by atoms with Crippen LogP contribution >= 0.6 is 0 Å². The van der Waals surface area contributed by atoms with E-state index >= 15 is 0 Å². The Morgan fingerprint density at radius 2 is 1.67 bits per heavy atom. The van der Waals surface area contributed by atoms with Gasteiger partial charge in [-0.3, -0.25) is 14.4 Å². The number of benzene rings is 2. The van der Waals surface area contributed by atoms with Gasteiger partial charge >= 0.3 is 5.97 Å². The largest absolute Gasteiger partial charge is 0.481 e. The van der Waals surface area contributed by atoms with Gasteiger partial charge in [-0.25, -0.2) is 0 Å². The molecule has 0 spiro atoms. The van der Waals surface area contributed by atoms with Gasteiger partial charge in [-0.1, -0.05) is 30.3 Å². The van der Waals surface area contributed by atoms with Gasteiger partial charge in [0.15, 0.2) is 0 Å². The van der Waals surface area contributed by atoms with Crippen molar-refractivity contribution in [2.75, 3.05) is 6.54 Å². The quantitative estimate of drug-likeness (QED) is 0.700. The lowest BCUT2D eigenvalue weighted by molar-refractivity contribution is -0.137. The Bertz CT molecular complexity index is 861. The Morgan fingerprint density at radius 3 is 2.30 bits per heavy atom. The third-order valence-corrected chi connectivity index (χ3v) is 4.46. The molecule has 142 valence electrons. The summed E-state index contributed by atoms with van der Waals surface area (Å²) in [6.45, 7) is 5.50. The SMILES string of the molecule is Cc1ccc(C(=O)NCC(=O)NC(CC(=O)O)c2ccccc2C)cc1C. The van der Waals surface area contributed by atoms with Crippen molar-refractivity contribution in [3.63, 3.8) is 0 Å². The Labute approximate surface area is 158 Å². The van der Waals surface area contributed by atoms with Crippen LogP contribution in [-0.2, 0) is 9.59 Å². The molecule has 0 aromatic heterocycles. The summed E-state index contributed by atoms with van der Waals surface area (Å²) in [6.07, 6.45) is -0.234. The van der Waals surface area contributed by atoms with E-state index in [2.05, 4.69) is 10.6 Å². The van der Waals surface area contributed by atoms with Gasteiger partial charge < -0.3 is 15.7 Å². The highest BCUT2D eigenvalue weighted by atomic mass is 16.4. The molecule has 2 rings (SSSR count). The molecular formula is C21H24N2O4. The molecule has 1 unspecified atom stereocenters. The van der Waals surface area contributed by atoms with E-state index in [4.69, 9.17) is 5.11 Å². The second-order valence-electron chi connectivity index (χ2n) is 6.56. The number of hydrogen-bond donors (Lipinski definition) is 3. The van der Waals surface area contributed by atoms with Crippen molar-refractivity contribution in [2.24, 2.45) is 0 Å². The Balaban J connectivity index is 2.01. The number of carboxylic acids is 1. The fraction of sp³-hybridized carbons (Fsp3) is 0.286. The molecule has 0 aliphatic rings. The lowest BCUT2D eigenvalue weighted by Crippen LogP contribution is -2.39. The van der Waals surface area contributed by atoms with Crippen molar-refractivity contribution in [3.8, 4) is 0 Å². The second-order valence-corrected chi connectivity index (χ2v) is 6.56. The van der Waals surface area contributed by atoms with Crippen molar-refractivity contribution < 1.29 is 19.5 Å². The highest BCUT2D eigenvalue weighted by Gasteiger charge is 2.20. The zero-order valence-electron chi connectivity index (χ0n) is 15.7. The smallest absolute Gasteiger partial charge is 0.305 e. The fourth-order valence-corrected chi connectivity index (χ4v) is 2.78. The third-order valence-electron chi connectivity index (χ3n) is 4.46. The maximum Gasteiger partial charge on any atom is 0.305 e. The normalized spacial score (nSPS) is 11.5. The summed E-state index contributed by atoms with van der Waals surface area (Å²) in [6, 6.07) is 12.0. The number of hydrogen-bond acceptors (Lipinski definition) is 3. The average molecular weight is 368 g/mol. The van der Waals surface area contributed by atoms with Crippen LogP contribution in [-0.4, -0.2) is 29.4 Å². The van der Waals surface area contributed by atoms with E-state index in [1.165, 1.54) is 0 Å². The zero-order valence-corrected chi connectivity index (χ0v) is 15.7. The van der Waals surface area contributed by atoms with Crippen LogP contribution in [0.2, 0.25) is 0 Å². The van der Waals surface area contributed by atoms with E-state index in [0.717, 1.165) is 22.3 Å². The van der Waals surface area contributed by atoms with Gasteiger partial charge in [-0.05, 0) is 55.2 Å². The van der Waals surface area contributed by atoms with E-state index in [-0.39, 0.29) is 18.9 Å². The molecule has 2 amide bonds. The molecule has 0 aliphatic carbocycles. The van der Waals surface area contributed by atoms with E-state index < -0.39 is 17.9 Å². The summed E-state index contributed by atoms with van der Waals surface area (Å²) in [4.78, 5) is 35.6. The van der Waals surface area contributed by atoms with Crippen molar-refractivity contribution >= 4 is 17.8 Å². The van der Waals surface area contributed by atoms with E-state index in [1.54, 1.807) is 24.3 Å². The number of nitrogens with one attached hydrogen (secondary N) is 2. The molecule has 6 nitrogen and oxygen atoms in total. The third kappa shape index (κ3) is 5.67. The molecule has 3 N–H and O–H groups in total. The van der Waals surface area contributed by atoms with Crippen LogP contribution in [0.25, 0.3) is 0 Å². The first-order valence-electron chi connectivity index (χ1n) is 8.70. The molecule has 0 radical (unpaired) electrons. The van der Waals surface area contributed by atoms with Crippen LogP contribution < -0.4 is 10.6 Å². The maximum absolute atomic E-state index is 12.3. The van der Waals surface area contributed by atoms with Crippen molar-refractivity contribution in [1.29, 1.82) is 0 Å². The lowest BCUT2D eigenvalue weighted by Gasteiger charge is -2.19. The van der Waals surface area contributed by atoms with E-state index in [1.807, 2.05) is 39.0 Å². The highest BCUT2D eigenvalue weighted by Crippen LogP contribution is 2.20. The van der Waals surface area contributed by atoms with Gasteiger partial charge in [0.05, 0.1) is 19.0 Å². The van der Waals surface area contributed by atoms with Crippen molar-refractivity contribution in [1.82, 2.24) is 10.6 Å². The molecule has 0 heterocycles. The molecule has 0 bridgehead atoms. The van der Waals surface area contributed by atoms with Crippen molar-refractivity contribution in [3.05, 3.63) is 70.3 Å². The second kappa shape index (κ2) is 8.98. The van der Waals surface area contributed by atoms with Gasteiger partial charge in [-0.15, -0.1) is 0 Å². The summed E-state index contributed by atoms with van der Waals surface area (Å²) >= 11 is 0. The molecule has 6 heteroatoms. The summed E-state index contributed by atoms with van der Waals surface area (Å²) in [7, 11) is 0. The van der Waals surface area contributed by atoms with Gasteiger partial charge in [0.25, 0.3) is 5.91 Å². The molecule has 27 heavy (non-hydrogen) atoms. The Kier molecular flexibility index (Phi) is 6.71. The zero-order chi connectivity index (χ0) is 20.0. The van der Waals surface area contributed by atoms with Gasteiger partial charge in [-0.2, -0.15) is 0 Å². The Morgan fingerprint density at radius 1 is 0.963 bits per heavy atom. The molecule has 0 fully saturated rings. The van der Waals surface area contributed by atoms with Gasteiger partial charge in [0.1, 0.15) is 0 Å². The van der Waals surface area contributed by atoms with Crippen LogP contribution in [0.5, 0.6) is 0 Å². The van der Waals surface area contributed by atoms with E-state index in [0.29, 0.717) is 5.56 Å². The van der Waals surface area contributed by atoms with Gasteiger partial charge in [0, 0.05) is 5.56 Å². The first-order chi connectivity index (χ1) is 12.8. The number of carbonyl (C=O) groups excluding carboxylic acids is 2. The van der Waals surface area contributed by atoms with Crippen LogP contribution in [0.4, 0.5) is 0 Å². The van der Waals surface area contributed by atoms with Crippen LogP contribution in [0, 0.1) is 20.8 Å². The summed E-state index contributed by atoms with van der Waals surface area (Å²) in [5, 5.41) is 14.4. The predicted octanol–water partition coefficient (Wildman–Crippen LogP) is 2.67. The molecular weight excluding hydrogens is 344 g/mol. The standard InChI is InChI=1S/C21H24N2O4/c1-13-8-9-16(10-15(13)3)21(27)22-12-19(24)23-18(11-20(25)26)17-7-5-4-6-14(17)2/h4-10,18H,11-12H2,1-3H3,(H,22,27)(H,23,24)(H,25,26).